The third kappa shape index (κ3) is 3.57. The molecule has 2 rings (SSSR count). The molecule has 0 saturated heterocycles. The summed E-state index contributed by atoms with van der Waals surface area (Å²) in [5, 5.41) is 11.3. The summed E-state index contributed by atoms with van der Waals surface area (Å²) in [5.41, 5.74) is 2.29. The Balaban J connectivity index is 2.43. The minimum Gasteiger partial charge on any atom is -0.348 e. The summed E-state index contributed by atoms with van der Waals surface area (Å²) < 4.78 is 0. The number of hydrogen-bond donors (Lipinski definition) is 2. The van der Waals surface area contributed by atoms with E-state index in [1.54, 1.807) is 0 Å². The number of nitrogen functional groups attached to an aromatic ring is 1. The van der Waals surface area contributed by atoms with Crippen molar-refractivity contribution in [1.29, 1.82) is 0 Å². The first-order valence-electron chi connectivity index (χ1n) is 7.27. The van der Waals surface area contributed by atoms with E-state index >= 15 is 0 Å². The summed E-state index contributed by atoms with van der Waals surface area (Å²) in [6.45, 7) is 4.92. The maximum absolute atomic E-state index is 11.3. The minimum atomic E-state index is -0.433. The lowest BCUT2D eigenvalue weighted by Crippen LogP contribution is -2.37. The number of aromatic nitrogens is 2. The van der Waals surface area contributed by atoms with Crippen molar-refractivity contribution < 1.29 is 4.92 Å². The number of anilines is 2. The van der Waals surface area contributed by atoms with Crippen molar-refractivity contribution in [3.8, 4) is 0 Å². The highest BCUT2D eigenvalue weighted by Gasteiger charge is 2.30. The molecule has 0 aromatic carbocycles. The summed E-state index contributed by atoms with van der Waals surface area (Å²) >= 11 is 0. The van der Waals surface area contributed by atoms with Gasteiger partial charge in [0.2, 0.25) is 11.8 Å². The highest BCUT2D eigenvalue weighted by atomic mass is 16.6. The second-order valence-corrected chi connectivity index (χ2v) is 5.79. The molecule has 1 aliphatic rings. The summed E-state index contributed by atoms with van der Waals surface area (Å²) in [5.74, 6) is 6.28. The molecule has 8 nitrogen and oxygen atoms in total. The number of nitrogens with two attached hydrogens (primary N) is 1. The normalized spacial score (nSPS) is 15.4. The van der Waals surface area contributed by atoms with Crippen molar-refractivity contribution in [1.82, 2.24) is 9.97 Å². The zero-order chi connectivity index (χ0) is 15.4. The van der Waals surface area contributed by atoms with Gasteiger partial charge in [-0.25, -0.2) is 10.8 Å². The standard InChI is InChI=1S/C13H22N6O2/c1-9(2)8-18(10-5-3-4-6-10)12-11(19(20)21)7-15-13(16-12)17-14/h7,9-10H,3-6,8,14H2,1-2H3,(H,15,16,17). The fourth-order valence-electron chi connectivity index (χ4n) is 2.79. The molecule has 116 valence electrons. The quantitative estimate of drug-likeness (QED) is 0.469. The van der Waals surface area contributed by atoms with Crippen LogP contribution in [-0.4, -0.2) is 27.5 Å². The van der Waals surface area contributed by atoms with Gasteiger partial charge in [0.1, 0.15) is 6.20 Å². The van der Waals surface area contributed by atoms with Crippen LogP contribution in [0.2, 0.25) is 0 Å². The van der Waals surface area contributed by atoms with Crippen LogP contribution in [0.5, 0.6) is 0 Å². The number of nitrogens with one attached hydrogen (secondary N) is 1. The van der Waals surface area contributed by atoms with Crippen molar-refractivity contribution in [3.05, 3.63) is 16.3 Å². The largest absolute Gasteiger partial charge is 0.348 e. The molecule has 1 aromatic heterocycles. The van der Waals surface area contributed by atoms with Crippen LogP contribution >= 0.6 is 0 Å². The molecule has 8 heteroatoms. The fourth-order valence-corrected chi connectivity index (χ4v) is 2.79. The molecule has 21 heavy (non-hydrogen) atoms. The topological polar surface area (TPSA) is 110 Å². The first-order chi connectivity index (χ1) is 10.0. The Kier molecular flexibility index (Phi) is 4.89. The highest BCUT2D eigenvalue weighted by molar-refractivity contribution is 5.59. The second-order valence-electron chi connectivity index (χ2n) is 5.79. The van der Waals surface area contributed by atoms with E-state index in [4.69, 9.17) is 5.84 Å². The van der Waals surface area contributed by atoms with Gasteiger partial charge in [0.15, 0.2) is 0 Å². The second kappa shape index (κ2) is 6.66. The van der Waals surface area contributed by atoms with Gasteiger partial charge in [-0.3, -0.25) is 15.5 Å². The Bertz CT molecular complexity index is 501. The minimum absolute atomic E-state index is 0.0680. The predicted molar refractivity (Wildman–Crippen MR) is 80.9 cm³/mol. The van der Waals surface area contributed by atoms with Crippen LogP contribution in [0, 0.1) is 16.0 Å². The molecule has 0 bridgehead atoms. The molecule has 0 spiro atoms. The fraction of sp³-hybridized carbons (Fsp3) is 0.692. The molecule has 1 fully saturated rings. The van der Waals surface area contributed by atoms with Gasteiger partial charge >= 0.3 is 5.69 Å². The number of nitrogens with zero attached hydrogens (tertiary/aromatic N) is 4. The molecule has 1 heterocycles. The van der Waals surface area contributed by atoms with Crippen LogP contribution in [0.1, 0.15) is 39.5 Å². The van der Waals surface area contributed by atoms with E-state index in [1.807, 2.05) is 0 Å². The summed E-state index contributed by atoms with van der Waals surface area (Å²) in [7, 11) is 0. The summed E-state index contributed by atoms with van der Waals surface area (Å²) in [6.07, 6.45) is 5.61. The van der Waals surface area contributed by atoms with Gasteiger partial charge < -0.3 is 4.90 Å². The molecule has 1 aromatic rings. The average molecular weight is 294 g/mol. The molecule has 0 unspecified atom stereocenters. The Morgan fingerprint density at radius 1 is 1.52 bits per heavy atom. The number of nitro groups is 1. The lowest BCUT2D eigenvalue weighted by atomic mass is 10.1. The Morgan fingerprint density at radius 2 is 2.19 bits per heavy atom. The lowest BCUT2D eigenvalue weighted by molar-refractivity contribution is -0.384. The van der Waals surface area contributed by atoms with E-state index in [0.717, 1.165) is 32.2 Å². The van der Waals surface area contributed by atoms with Crippen LogP contribution in [0.4, 0.5) is 17.5 Å². The molecule has 0 aliphatic heterocycles. The first kappa shape index (κ1) is 15.4. The average Bonchev–Trinajstić information content (AvgIpc) is 2.97. The third-order valence-corrected chi connectivity index (χ3v) is 3.68. The van der Waals surface area contributed by atoms with E-state index in [2.05, 4.69) is 34.1 Å². The molecule has 1 saturated carbocycles. The van der Waals surface area contributed by atoms with Gasteiger partial charge in [0, 0.05) is 12.6 Å². The van der Waals surface area contributed by atoms with Gasteiger partial charge in [-0.15, -0.1) is 0 Å². The van der Waals surface area contributed by atoms with Crippen LogP contribution in [0.3, 0.4) is 0 Å². The zero-order valence-electron chi connectivity index (χ0n) is 12.5. The van der Waals surface area contributed by atoms with Gasteiger partial charge in [0.05, 0.1) is 4.92 Å². The van der Waals surface area contributed by atoms with E-state index in [1.165, 1.54) is 6.20 Å². The lowest BCUT2D eigenvalue weighted by Gasteiger charge is -2.31. The van der Waals surface area contributed by atoms with Crippen molar-refractivity contribution in [2.45, 2.75) is 45.6 Å². The monoisotopic (exact) mass is 294 g/mol. The molecule has 3 N–H and O–H groups in total. The van der Waals surface area contributed by atoms with E-state index in [9.17, 15) is 10.1 Å². The van der Waals surface area contributed by atoms with Crippen molar-refractivity contribution in [2.75, 3.05) is 16.9 Å². The smallest absolute Gasteiger partial charge is 0.329 e. The molecular weight excluding hydrogens is 272 g/mol. The van der Waals surface area contributed by atoms with Gasteiger partial charge in [0.25, 0.3) is 0 Å². The zero-order valence-corrected chi connectivity index (χ0v) is 12.5. The van der Waals surface area contributed by atoms with E-state index < -0.39 is 4.92 Å². The molecule has 0 atom stereocenters. The van der Waals surface area contributed by atoms with Crippen molar-refractivity contribution >= 4 is 17.5 Å². The molecule has 1 aliphatic carbocycles. The third-order valence-electron chi connectivity index (χ3n) is 3.68. The Morgan fingerprint density at radius 3 is 2.71 bits per heavy atom. The summed E-state index contributed by atoms with van der Waals surface area (Å²) in [6, 6.07) is 0.298. The van der Waals surface area contributed by atoms with Gasteiger partial charge in [-0.05, 0) is 18.8 Å². The van der Waals surface area contributed by atoms with E-state index in [-0.39, 0.29) is 11.6 Å². The van der Waals surface area contributed by atoms with Crippen LogP contribution < -0.4 is 16.2 Å². The SMILES string of the molecule is CC(C)CN(c1nc(NN)ncc1[N+](=O)[O-])C1CCCC1. The maximum Gasteiger partial charge on any atom is 0.329 e. The molecule has 0 amide bonds. The number of hydrazine groups is 1. The van der Waals surface area contributed by atoms with Gasteiger partial charge in [-0.2, -0.15) is 4.98 Å². The highest BCUT2D eigenvalue weighted by Crippen LogP contribution is 2.33. The summed E-state index contributed by atoms with van der Waals surface area (Å²) in [4.78, 5) is 21.0. The van der Waals surface area contributed by atoms with Crippen molar-refractivity contribution in [2.24, 2.45) is 11.8 Å². The van der Waals surface area contributed by atoms with Crippen LogP contribution in [0.25, 0.3) is 0 Å². The number of hydrogen-bond acceptors (Lipinski definition) is 7. The first-order valence-corrected chi connectivity index (χ1v) is 7.27. The van der Waals surface area contributed by atoms with Crippen molar-refractivity contribution in [3.63, 3.8) is 0 Å². The molecular formula is C13H22N6O2. The number of rotatable bonds is 6. The Hall–Kier alpha value is -1.96. The van der Waals surface area contributed by atoms with Gasteiger partial charge in [-0.1, -0.05) is 26.7 Å². The molecule has 0 radical (unpaired) electrons. The Labute approximate surface area is 123 Å². The van der Waals surface area contributed by atoms with E-state index in [0.29, 0.717) is 17.8 Å². The van der Waals surface area contributed by atoms with Crippen LogP contribution in [0.15, 0.2) is 6.20 Å². The maximum atomic E-state index is 11.3. The van der Waals surface area contributed by atoms with Crippen LogP contribution in [-0.2, 0) is 0 Å². The predicted octanol–water partition coefficient (Wildman–Crippen LogP) is 2.08.